The smallest absolute Gasteiger partial charge is 0.208 e. The predicted molar refractivity (Wildman–Crippen MR) is 74.0 cm³/mol. The molecule has 0 aromatic heterocycles. The summed E-state index contributed by atoms with van der Waals surface area (Å²) in [4.78, 5) is 6.17. The van der Waals surface area contributed by atoms with E-state index in [0.717, 1.165) is 12.0 Å². The van der Waals surface area contributed by atoms with Crippen LogP contribution in [0.2, 0.25) is 0 Å². The fraction of sp³-hybridized carbons (Fsp3) is 0.462. The van der Waals surface area contributed by atoms with Crippen molar-refractivity contribution in [2.75, 3.05) is 27.3 Å². The SMILES string of the molecule is COCCCN=C(NN)N(C)Cc1cccc(F)c1. The molecule has 0 aliphatic carbocycles. The average molecular weight is 268 g/mol. The van der Waals surface area contributed by atoms with Gasteiger partial charge in [0.25, 0.3) is 0 Å². The molecule has 0 fully saturated rings. The Hall–Kier alpha value is -1.66. The molecule has 6 heteroatoms. The maximum absolute atomic E-state index is 13.1. The summed E-state index contributed by atoms with van der Waals surface area (Å²) in [5, 5.41) is 0. The number of benzene rings is 1. The van der Waals surface area contributed by atoms with Crippen LogP contribution in [0, 0.1) is 5.82 Å². The lowest BCUT2D eigenvalue weighted by Crippen LogP contribution is -2.42. The largest absolute Gasteiger partial charge is 0.385 e. The van der Waals surface area contributed by atoms with Gasteiger partial charge in [-0.15, -0.1) is 0 Å². The third kappa shape index (κ3) is 5.67. The van der Waals surface area contributed by atoms with Gasteiger partial charge in [0.1, 0.15) is 5.82 Å². The Bertz CT molecular complexity index is 411. The van der Waals surface area contributed by atoms with E-state index in [4.69, 9.17) is 10.6 Å². The van der Waals surface area contributed by atoms with Crippen molar-refractivity contribution in [1.29, 1.82) is 0 Å². The second kappa shape index (κ2) is 8.44. The van der Waals surface area contributed by atoms with Crippen LogP contribution in [0.3, 0.4) is 0 Å². The summed E-state index contributed by atoms with van der Waals surface area (Å²) in [6.07, 6.45) is 0.829. The van der Waals surface area contributed by atoms with Crippen LogP contribution in [0.5, 0.6) is 0 Å². The molecule has 1 aromatic carbocycles. The van der Waals surface area contributed by atoms with E-state index in [0.29, 0.717) is 25.7 Å². The van der Waals surface area contributed by atoms with Crippen molar-refractivity contribution in [3.8, 4) is 0 Å². The molecule has 0 saturated carbocycles. The molecule has 0 atom stereocenters. The maximum Gasteiger partial charge on any atom is 0.208 e. The van der Waals surface area contributed by atoms with Gasteiger partial charge in [-0.05, 0) is 24.1 Å². The third-order valence-electron chi connectivity index (χ3n) is 2.57. The summed E-state index contributed by atoms with van der Waals surface area (Å²) in [5.74, 6) is 5.77. The Morgan fingerprint density at radius 1 is 1.53 bits per heavy atom. The summed E-state index contributed by atoms with van der Waals surface area (Å²) in [6, 6.07) is 6.46. The summed E-state index contributed by atoms with van der Waals surface area (Å²) in [5.41, 5.74) is 3.42. The minimum Gasteiger partial charge on any atom is -0.385 e. The molecule has 0 unspecified atom stereocenters. The average Bonchev–Trinajstić information content (AvgIpc) is 2.38. The minimum atomic E-state index is -0.245. The van der Waals surface area contributed by atoms with Gasteiger partial charge < -0.3 is 9.64 Å². The number of hydrogen-bond acceptors (Lipinski definition) is 3. The Morgan fingerprint density at radius 3 is 2.95 bits per heavy atom. The van der Waals surface area contributed by atoms with E-state index in [-0.39, 0.29) is 5.82 Å². The normalized spacial score (nSPS) is 11.5. The number of halogens is 1. The minimum absolute atomic E-state index is 0.245. The zero-order valence-electron chi connectivity index (χ0n) is 11.4. The van der Waals surface area contributed by atoms with E-state index in [1.165, 1.54) is 12.1 Å². The van der Waals surface area contributed by atoms with E-state index >= 15 is 0 Å². The molecule has 0 radical (unpaired) electrons. The zero-order chi connectivity index (χ0) is 14.1. The van der Waals surface area contributed by atoms with Gasteiger partial charge in [-0.3, -0.25) is 10.4 Å². The Morgan fingerprint density at radius 2 is 2.32 bits per heavy atom. The van der Waals surface area contributed by atoms with Crippen LogP contribution in [0.25, 0.3) is 0 Å². The molecule has 106 valence electrons. The predicted octanol–water partition coefficient (Wildman–Crippen LogP) is 1.11. The molecule has 19 heavy (non-hydrogen) atoms. The molecule has 0 heterocycles. The lowest BCUT2D eigenvalue weighted by atomic mass is 10.2. The molecule has 0 bridgehead atoms. The molecule has 3 N–H and O–H groups in total. The van der Waals surface area contributed by atoms with Crippen LogP contribution >= 0.6 is 0 Å². The monoisotopic (exact) mass is 268 g/mol. The van der Waals surface area contributed by atoms with Crippen LogP contribution in [0.15, 0.2) is 29.3 Å². The van der Waals surface area contributed by atoms with Crippen molar-refractivity contribution < 1.29 is 9.13 Å². The first kappa shape index (κ1) is 15.4. The number of rotatable bonds is 6. The van der Waals surface area contributed by atoms with Crippen LogP contribution in [0.4, 0.5) is 4.39 Å². The second-order valence-corrected chi connectivity index (χ2v) is 4.18. The topological polar surface area (TPSA) is 62.9 Å². The van der Waals surface area contributed by atoms with E-state index in [2.05, 4.69) is 10.4 Å². The Kier molecular flexibility index (Phi) is 6.84. The van der Waals surface area contributed by atoms with Crippen molar-refractivity contribution >= 4 is 5.96 Å². The molecule has 1 rings (SSSR count). The van der Waals surface area contributed by atoms with E-state index in [1.807, 2.05) is 18.0 Å². The van der Waals surface area contributed by atoms with Gasteiger partial charge in [0, 0.05) is 33.9 Å². The first-order valence-corrected chi connectivity index (χ1v) is 6.13. The lowest BCUT2D eigenvalue weighted by molar-refractivity contribution is 0.197. The molecule has 0 spiro atoms. The van der Waals surface area contributed by atoms with Gasteiger partial charge in [-0.1, -0.05) is 12.1 Å². The summed E-state index contributed by atoms with van der Waals surface area (Å²) >= 11 is 0. The molecule has 5 nitrogen and oxygen atoms in total. The number of nitrogens with two attached hydrogens (primary N) is 1. The first-order valence-electron chi connectivity index (χ1n) is 6.13. The number of nitrogens with zero attached hydrogens (tertiary/aromatic N) is 2. The van der Waals surface area contributed by atoms with Gasteiger partial charge in [0.2, 0.25) is 5.96 Å². The Labute approximate surface area is 113 Å². The number of hydrazine groups is 1. The van der Waals surface area contributed by atoms with Gasteiger partial charge in [-0.2, -0.15) is 0 Å². The molecule has 0 saturated heterocycles. The third-order valence-corrected chi connectivity index (χ3v) is 2.57. The van der Waals surface area contributed by atoms with Gasteiger partial charge in [0.05, 0.1) is 0 Å². The van der Waals surface area contributed by atoms with E-state index in [1.54, 1.807) is 13.2 Å². The van der Waals surface area contributed by atoms with Crippen molar-refractivity contribution in [2.45, 2.75) is 13.0 Å². The van der Waals surface area contributed by atoms with Crippen LogP contribution in [0.1, 0.15) is 12.0 Å². The molecule has 0 aliphatic heterocycles. The standard InChI is InChI=1S/C13H21FN4O/c1-18(10-11-5-3-6-12(14)9-11)13(17-15)16-7-4-8-19-2/h3,5-6,9H,4,7-8,10,15H2,1-2H3,(H,16,17). The fourth-order valence-electron chi connectivity index (χ4n) is 1.65. The number of methoxy groups -OCH3 is 1. The maximum atomic E-state index is 13.1. The number of hydrogen-bond donors (Lipinski definition) is 2. The van der Waals surface area contributed by atoms with Crippen molar-refractivity contribution in [3.05, 3.63) is 35.6 Å². The zero-order valence-corrected chi connectivity index (χ0v) is 11.4. The van der Waals surface area contributed by atoms with Gasteiger partial charge in [-0.25, -0.2) is 10.2 Å². The van der Waals surface area contributed by atoms with E-state index in [9.17, 15) is 4.39 Å². The molecule has 0 amide bonds. The summed E-state index contributed by atoms with van der Waals surface area (Å²) in [7, 11) is 3.50. The molecule has 1 aromatic rings. The van der Waals surface area contributed by atoms with E-state index < -0.39 is 0 Å². The highest BCUT2D eigenvalue weighted by molar-refractivity contribution is 5.79. The molecule has 0 aliphatic rings. The highest BCUT2D eigenvalue weighted by atomic mass is 19.1. The summed E-state index contributed by atoms with van der Waals surface area (Å²) in [6.45, 7) is 1.82. The quantitative estimate of drug-likeness (QED) is 0.267. The van der Waals surface area contributed by atoms with Crippen LogP contribution < -0.4 is 11.3 Å². The van der Waals surface area contributed by atoms with Crippen molar-refractivity contribution in [1.82, 2.24) is 10.3 Å². The fourth-order valence-corrected chi connectivity index (χ4v) is 1.65. The number of ether oxygens (including phenoxy) is 1. The number of aliphatic imine (C=N–C) groups is 1. The van der Waals surface area contributed by atoms with Crippen molar-refractivity contribution in [2.24, 2.45) is 10.8 Å². The highest BCUT2D eigenvalue weighted by Crippen LogP contribution is 2.06. The first-order chi connectivity index (χ1) is 9.17. The van der Waals surface area contributed by atoms with Crippen molar-refractivity contribution in [3.63, 3.8) is 0 Å². The molecular weight excluding hydrogens is 247 g/mol. The van der Waals surface area contributed by atoms with Gasteiger partial charge >= 0.3 is 0 Å². The number of guanidine groups is 1. The summed E-state index contributed by atoms with van der Waals surface area (Å²) < 4.78 is 18.0. The van der Waals surface area contributed by atoms with Crippen LogP contribution in [-0.4, -0.2) is 38.2 Å². The lowest BCUT2D eigenvalue weighted by Gasteiger charge is -2.20. The van der Waals surface area contributed by atoms with Gasteiger partial charge in [0.15, 0.2) is 0 Å². The second-order valence-electron chi connectivity index (χ2n) is 4.18. The number of nitrogens with one attached hydrogen (secondary N) is 1. The molecular formula is C13H21FN4O. The van der Waals surface area contributed by atoms with Crippen LogP contribution in [-0.2, 0) is 11.3 Å². The Balaban J connectivity index is 2.55. The highest BCUT2D eigenvalue weighted by Gasteiger charge is 2.06.